The number of aliphatic hydroxyl groups is 1. The molecule has 4 aliphatic rings. The standard InChI is InChI=1S/C24H27NO2/c26-22(19-4-2-1-3-5-19)20-6-8-21(9-7-20)25-23(27)24-13-16-10-17(14-24)12-18(11-16)15-24/h1-9,16-18,22,26H,10-15H2,(H,25,27). The van der Waals surface area contributed by atoms with Crippen LogP contribution in [0.4, 0.5) is 5.69 Å². The van der Waals surface area contributed by atoms with E-state index in [2.05, 4.69) is 5.32 Å². The summed E-state index contributed by atoms with van der Waals surface area (Å²) in [5.41, 5.74) is 2.42. The summed E-state index contributed by atoms with van der Waals surface area (Å²) in [6, 6.07) is 17.3. The molecule has 0 aliphatic heterocycles. The number of benzene rings is 2. The SMILES string of the molecule is O=C(Nc1ccc(C(O)c2ccccc2)cc1)C12CC3CC(CC(C3)C1)C2. The van der Waals surface area contributed by atoms with Gasteiger partial charge in [0.25, 0.3) is 0 Å². The lowest BCUT2D eigenvalue weighted by atomic mass is 9.49. The van der Waals surface area contributed by atoms with E-state index in [4.69, 9.17) is 0 Å². The predicted octanol–water partition coefficient (Wildman–Crippen LogP) is 4.92. The number of carbonyl (C=O) groups is 1. The number of amides is 1. The van der Waals surface area contributed by atoms with Crippen LogP contribution in [0.5, 0.6) is 0 Å². The predicted molar refractivity (Wildman–Crippen MR) is 106 cm³/mol. The van der Waals surface area contributed by atoms with Crippen LogP contribution in [0.3, 0.4) is 0 Å². The van der Waals surface area contributed by atoms with Crippen molar-refractivity contribution in [3.05, 3.63) is 65.7 Å². The molecule has 1 atom stereocenters. The topological polar surface area (TPSA) is 49.3 Å². The van der Waals surface area contributed by atoms with E-state index < -0.39 is 6.10 Å². The van der Waals surface area contributed by atoms with Crippen molar-refractivity contribution in [3.63, 3.8) is 0 Å². The molecule has 2 N–H and O–H groups in total. The first-order valence-electron chi connectivity index (χ1n) is 10.3. The van der Waals surface area contributed by atoms with Crippen molar-refractivity contribution in [1.82, 2.24) is 0 Å². The van der Waals surface area contributed by atoms with E-state index in [-0.39, 0.29) is 11.3 Å². The molecular formula is C24H27NO2. The Hall–Kier alpha value is -2.13. The van der Waals surface area contributed by atoms with Gasteiger partial charge < -0.3 is 10.4 Å². The Morgan fingerprint density at radius 2 is 1.37 bits per heavy atom. The van der Waals surface area contributed by atoms with E-state index >= 15 is 0 Å². The van der Waals surface area contributed by atoms with Gasteiger partial charge >= 0.3 is 0 Å². The lowest BCUT2D eigenvalue weighted by Crippen LogP contribution is -2.51. The number of nitrogens with one attached hydrogen (secondary N) is 1. The van der Waals surface area contributed by atoms with Crippen LogP contribution in [-0.4, -0.2) is 11.0 Å². The molecule has 4 saturated carbocycles. The van der Waals surface area contributed by atoms with E-state index in [9.17, 15) is 9.90 Å². The quantitative estimate of drug-likeness (QED) is 0.812. The third-order valence-electron chi connectivity index (χ3n) is 7.12. The molecule has 2 aromatic carbocycles. The van der Waals surface area contributed by atoms with Crippen molar-refractivity contribution in [2.45, 2.75) is 44.6 Å². The molecule has 0 saturated heterocycles. The van der Waals surface area contributed by atoms with Crippen LogP contribution in [0.1, 0.15) is 55.8 Å². The third kappa shape index (κ3) is 3.08. The number of hydrogen-bond donors (Lipinski definition) is 2. The van der Waals surface area contributed by atoms with Gasteiger partial charge in [0.2, 0.25) is 5.91 Å². The van der Waals surface area contributed by atoms with E-state index in [1.54, 1.807) is 0 Å². The Labute approximate surface area is 160 Å². The molecule has 6 rings (SSSR count). The molecule has 4 bridgehead atoms. The Kier molecular flexibility index (Phi) is 4.08. The van der Waals surface area contributed by atoms with Crippen LogP contribution < -0.4 is 5.32 Å². The van der Waals surface area contributed by atoms with Crippen LogP contribution in [0.15, 0.2) is 54.6 Å². The first-order chi connectivity index (χ1) is 13.1. The summed E-state index contributed by atoms with van der Waals surface area (Å²) >= 11 is 0. The lowest BCUT2D eigenvalue weighted by molar-refractivity contribution is -0.140. The molecule has 2 aromatic rings. The number of anilines is 1. The molecule has 3 heteroatoms. The van der Waals surface area contributed by atoms with Crippen molar-refractivity contribution in [2.75, 3.05) is 5.32 Å². The minimum atomic E-state index is -0.640. The zero-order chi connectivity index (χ0) is 18.4. The normalized spacial score (nSPS) is 32.3. The second-order valence-corrected chi connectivity index (χ2v) is 9.09. The molecular weight excluding hydrogens is 334 g/mol. The van der Waals surface area contributed by atoms with Gasteiger partial charge in [0.1, 0.15) is 6.10 Å². The summed E-state index contributed by atoms with van der Waals surface area (Å²) in [6.07, 6.45) is 6.63. The maximum Gasteiger partial charge on any atom is 0.230 e. The molecule has 27 heavy (non-hydrogen) atoms. The van der Waals surface area contributed by atoms with Gasteiger partial charge in [-0.2, -0.15) is 0 Å². The highest BCUT2D eigenvalue weighted by atomic mass is 16.3. The zero-order valence-electron chi connectivity index (χ0n) is 15.6. The highest BCUT2D eigenvalue weighted by Crippen LogP contribution is 2.60. The highest BCUT2D eigenvalue weighted by molar-refractivity contribution is 5.95. The monoisotopic (exact) mass is 361 g/mol. The summed E-state index contributed by atoms with van der Waals surface area (Å²) in [5.74, 6) is 2.53. The fraction of sp³-hybridized carbons (Fsp3) is 0.458. The molecule has 0 spiro atoms. The fourth-order valence-corrected chi connectivity index (χ4v) is 6.23. The second-order valence-electron chi connectivity index (χ2n) is 9.09. The molecule has 140 valence electrons. The summed E-state index contributed by atoms with van der Waals surface area (Å²) in [5, 5.41) is 13.7. The van der Waals surface area contributed by atoms with Crippen molar-refractivity contribution in [2.24, 2.45) is 23.2 Å². The molecule has 0 radical (unpaired) electrons. The second kappa shape index (κ2) is 6.49. The molecule has 4 fully saturated rings. The van der Waals surface area contributed by atoms with E-state index in [0.29, 0.717) is 0 Å². The van der Waals surface area contributed by atoms with Crippen molar-refractivity contribution >= 4 is 11.6 Å². The third-order valence-corrected chi connectivity index (χ3v) is 7.12. The van der Waals surface area contributed by atoms with Gasteiger partial charge in [0, 0.05) is 5.69 Å². The number of aliphatic hydroxyl groups excluding tert-OH is 1. The van der Waals surface area contributed by atoms with Gasteiger partial charge in [-0.05, 0) is 79.5 Å². The van der Waals surface area contributed by atoms with Gasteiger partial charge in [-0.25, -0.2) is 0 Å². The summed E-state index contributed by atoms with van der Waals surface area (Å²) in [6.45, 7) is 0. The highest BCUT2D eigenvalue weighted by Gasteiger charge is 2.54. The van der Waals surface area contributed by atoms with Gasteiger partial charge in [0.05, 0.1) is 5.41 Å². The molecule has 0 aromatic heterocycles. The minimum absolute atomic E-state index is 0.128. The Morgan fingerprint density at radius 1 is 0.852 bits per heavy atom. The smallest absolute Gasteiger partial charge is 0.230 e. The average molecular weight is 361 g/mol. The van der Waals surface area contributed by atoms with Crippen LogP contribution >= 0.6 is 0 Å². The van der Waals surface area contributed by atoms with Crippen LogP contribution in [0, 0.1) is 23.2 Å². The van der Waals surface area contributed by atoms with Gasteiger partial charge in [0.15, 0.2) is 0 Å². The first kappa shape index (κ1) is 17.0. The molecule has 0 heterocycles. The van der Waals surface area contributed by atoms with Crippen molar-refractivity contribution in [1.29, 1.82) is 0 Å². The largest absolute Gasteiger partial charge is 0.384 e. The van der Waals surface area contributed by atoms with Gasteiger partial charge in [-0.15, -0.1) is 0 Å². The van der Waals surface area contributed by atoms with Crippen LogP contribution in [-0.2, 0) is 4.79 Å². The van der Waals surface area contributed by atoms with Gasteiger partial charge in [-0.1, -0.05) is 42.5 Å². The van der Waals surface area contributed by atoms with E-state index in [0.717, 1.165) is 53.8 Å². The zero-order valence-corrected chi connectivity index (χ0v) is 15.6. The van der Waals surface area contributed by atoms with Gasteiger partial charge in [-0.3, -0.25) is 4.79 Å². The summed E-state index contributed by atoms with van der Waals surface area (Å²) in [7, 11) is 0. The van der Waals surface area contributed by atoms with Crippen molar-refractivity contribution < 1.29 is 9.90 Å². The maximum absolute atomic E-state index is 13.1. The fourth-order valence-electron chi connectivity index (χ4n) is 6.23. The maximum atomic E-state index is 13.1. The Balaban J connectivity index is 1.29. The van der Waals surface area contributed by atoms with Crippen LogP contribution in [0.25, 0.3) is 0 Å². The van der Waals surface area contributed by atoms with E-state index in [1.165, 1.54) is 19.3 Å². The lowest BCUT2D eigenvalue weighted by Gasteiger charge is -2.55. The van der Waals surface area contributed by atoms with Crippen LogP contribution in [0.2, 0.25) is 0 Å². The summed E-state index contributed by atoms with van der Waals surface area (Å²) in [4.78, 5) is 13.1. The number of hydrogen-bond acceptors (Lipinski definition) is 2. The Morgan fingerprint density at radius 3 is 1.93 bits per heavy atom. The number of rotatable bonds is 4. The van der Waals surface area contributed by atoms with Crippen molar-refractivity contribution in [3.8, 4) is 0 Å². The molecule has 4 aliphatic carbocycles. The average Bonchev–Trinajstić information content (AvgIpc) is 2.68. The summed E-state index contributed by atoms with van der Waals surface area (Å²) < 4.78 is 0. The minimum Gasteiger partial charge on any atom is -0.384 e. The molecule has 3 nitrogen and oxygen atoms in total. The Bertz CT molecular complexity index is 792. The first-order valence-corrected chi connectivity index (χ1v) is 10.3. The molecule has 1 unspecified atom stereocenters. The molecule has 1 amide bonds. The number of carbonyl (C=O) groups excluding carboxylic acids is 1. The van der Waals surface area contributed by atoms with E-state index in [1.807, 2.05) is 54.6 Å².